The van der Waals surface area contributed by atoms with Crippen molar-refractivity contribution in [1.29, 1.82) is 0 Å². The molecule has 1 amide bonds. The molecule has 0 aliphatic heterocycles. The van der Waals surface area contributed by atoms with Crippen LogP contribution in [0.1, 0.15) is 35.4 Å². The number of carbonyl (C=O) groups excluding carboxylic acids is 2. The molecule has 1 aromatic carbocycles. The van der Waals surface area contributed by atoms with Crippen molar-refractivity contribution in [1.82, 2.24) is 10.3 Å². The third-order valence-electron chi connectivity index (χ3n) is 3.32. The summed E-state index contributed by atoms with van der Waals surface area (Å²) in [7, 11) is 1.39. The molecule has 2 rings (SSSR count). The zero-order valence-electron chi connectivity index (χ0n) is 13.1. The molecule has 0 aliphatic rings. The third kappa shape index (κ3) is 5.49. The Bertz CT molecular complexity index is 640. The van der Waals surface area contributed by atoms with Crippen LogP contribution in [0.15, 0.2) is 36.5 Å². The number of hydrogen-bond donors (Lipinski definition) is 1. The molecular formula is C17H20N2O3S. The van der Waals surface area contributed by atoms with Gasteiger partial charge in [-0.25, -0.2) is 4.98 Å². The van der Waals surface area contributed by atoms with Crippen LogP contribution in [-0.4, -0.2) is 30.5 Å². The quantitative estimate of drug-likeness (QED) is 0.595. The van der Waals surface area contributed by atoms with Crippen molar-refractivity contribution in [3.05, 3.63) is 41.4 Å². The zero-order chi connectivity index (χ0) is 16.5. The van der Waals surface area contributed by atoms with Crippen molar-refractivity contribution in [2.45, 2.75) is 25.7 Å². The van der Waals surface area contributed by atoms with Gasteiger partial charge in [0.15, 0.2) is 0 Å². The average Bonchev–Trinajstić information content (AvgIpc) is 3.08. The van der Waals surface area contributed by atoms with E-state index in [0.717, 1.165) is 29.8 Å². The second-order valence-electron chi connectivity index (χ2n) is 5.04. The first-order valence-electron chi connectivity index (χ1n) is 7.57. The molecular weight excluding hydrogens is 312 g/mol. The highest BCUT2D eigenvalue weighted by Crippen LogP contribution is 2.24. The minimum absolute atomic E-state index is 0.0994. The van der Waals surface area contributed by atoms with Crippen molar-refractivity contribution in [2.24, 2.45) is 0 Å². The Balaban J connectivity index is 1.72. The molecule has 1 N–H and O–H groups in total. The summed E-state index contributed by atoms with van der Waals surface area (Å²) in [6.07, 6.45) is 4.54. The van der Waals surface area contributed by atoms with Gasteiger partial charge in [-0.2, -0.15) is 0 Å². The number of ether oxygens (including phenoxy) is 1. The molecule has 0 saturated heterocycles. The average molecular weight is 332 g/mol. The number of nitrogens with zero attached hydrogens (tertiary/aromatic N) is 1. The highest BCUT2D eigenvalue weighted by atomic mass is 32.1. The molecule has 1 heterocycles. The van der Waals surface area contributed by atoms with Crippen LogP contribution in [0.2, 0.25) is 0 Å². The van der Waals surface area contributed by atoms with Gasteiger partial charge in [0.05, 0.1) is 13.3 Å². The Morgan fingerprint density at radius 2 is 1.96 bits per heavy atom. The van der Waals surface area contributed by atoms with Gasteiger partial charge in [0.2, 0.25) is 0 Å². The van der Waals surface area contributed by atoms with E-state index >= 15 is 0 Å². The fourth-order valence-corrected chi connectivity index (χ4v) is 2.89. The van der Waals surface area contributed by atoms with E-state index in [2.05, 4.69) is 15.0 Å². The number of amides is 1. The summed E-state index contributed by atoms with van der Waals surface area (Å²) in [5.41, 5.74) is 1.01. The molecule has 122 valence electrons. The number of methoxy groups -OCH3 is 1. The predicted molar refractivity (Wildman–Crippen MR) is 90.4 cm³/mol. The molecule has 0 aliphatic carbocycles. The predicted octanol–water partition coefficient (Wildman–Crippen LogP) is 3.27. The first-order chi connectivity index (χ1) is 11.2. The van der Waals surface area contributed by atoms with Gasteiger partial charge < -0.3 is 10.1 Å². The van der Waals surface area contributed by atoms with Crippen molar-refractivity contribution >= 4 is 23.2 Å². The lowest BCUT2D eigenvalue weighted by molar-refractivity contribution is -0.140. The Labute approximate surface area is 139 Å². The first kappa shape index (κ1) is 17.1. The number of carbonyl (C=O) groups is 2. The van der Waals surface area contributed by atoms with Gasteiger partial charge in [-0.05, 0) is 12.8 Å². The molecule has 5 nitrogen and oxygen atoms in total. The summed E-state index contributed by atoms with van der Waals surface area (Å²) < 4.78 is 4.58. The van der Waals surface area contributed by atoms with Gasteiger partial charge in [0, 0.05) is 18.5 Å². The van der Waals surface area contributed by atoms with E-state index < -0.39 is 0 Å². The zero-order valence-corrected chi connectivity index (χ0v) is 13.9. The Morgan fingerprint density at radius 1 is 1.17 bits per heavy atom. The summed E-state index contributed by atoms with van der Waals surface area (Å²) in [6.45, 7) is 0.596. The van der Waals surface area contributed by atoms with E-state index in [9.17, 15) is 9.59 Å². The molecule has 0 unspecified atom stereocenters. The van der Waals surface area contributed by atoms with E-state index in [1.807, 2.05) is 30.3 Å². The molecule has 0 atom stereocenters. The van der Waals surface area contributed by atoms with Gasteiger partial charge in [-0.3, -0.25) is 9.59 Å². The number of aromatic nitrogens is 1. The van der Waals surface area contributed by atoms with Crippen LogP contribution >= 0.6 is 11.3 Å². The Hall–Kier alpha value is -2.21. The minimum atomic E-state index is -0.188. The number of benzene rings is 1. The van der Waals surface area contributed by atoms with E-state index in [0.29, 0.717) is 17.8 Å². The van der Waals surface area contributed by atoms with Gasteiger partial charge in [-0.15, -0.1) is 11.3 Å². The lowest BCUT2D eigenvalue weighted by atomic mass is 10.2. The molecule has 6 heteroatoms. The van der Waals surface area contributed by atoms with Crippen molar-refractivity contribution in [2.75, 3.05) is 13.7 Å². The van der Waals surface area contributed by atoms with Gasteiger partial charge in [-0.1, -0.05) is 36.8 Å². The molecule has 0 bridgehead atoms. The van der Waals surface area contributed by atoms with Crippen LogP contribution < -0.4 is 5.32 Å². The number of rotatable bonds is 8. The van der Waals surface area contributed by atoms with E-state index in [1.54, 1.807) is 6.20 Å². The maximum absolute atomic E-state index is 12.1. The molecule has 0 fully saturated rings. The van der Waals surface area contributed by atoms with Gasteiger partial charge in [0.1, 0.15) is 9.88 Å². The van der Waals surface area contributed by atoms with Crippen molar-refractivity contribution in [3.8, 4) is 10.6 Å². The Kier molecular flexibility index (Phi) is 6.75. The summed E-state index contributed by atoms with van der Waals surface area (Å²) >= 11 is 1.38. The molecule has 1 aromatic heterocycles. The van der Waals surface area contributed by atoms with E-state index in [4.69, 9.17) is 0 Å². The van der Waals surface area contributed by atoms with Crippen LogP contribution in [0.3, 0.4) is 0 Å². The van der Waals surface area contributed by atoms with E-state index in [1.165, 1.54) is 18.4 Å². The van der Waals surface area contributed by atoms with Crippen LogP contribution in [-0.2, 0) is 9.53 Å². The Morgan fingerprint density at radius 3 is 2.70 bits per heavy atom. The number of nitrogens with one attached hydrogen (secondary N) is 1. The third-order valence-corrected chi connectivity index (χ3v) is 4.37. The summed E-state index contributed by atoms with van der Waals surface area (Å²) in [6, 6.07) is 9.80. The maximum Gasteiger partial charge on any atom is 0.305 e. The second kappa shape index (κ2) is 9.05. The summed E-state index contributed by atoms with van der Waals surface area (Å²) in [4.78, 5) is 27.9. The van der Waals surface area contributed by atoms with Crippen LogP contribution in [0.4, 0.5) is 0 Å². The number of hydrogen-bond acceptors (Lipinski definition) is 5. The maximum atomic E-state index is 12.1. The topological polar surface area (TPSA) is 68.3 Å². The fraction of sp³-hybridized carbons (Fsp3) is 0.353. The van der Waals surface area contributed by atoms with Crippen LogP contribution in [0.5, 0.6) is 0 Å². The van der Waals surface area contributed by atoms with Crippen LogP contribution in [0.25, 0.3) is 10.6 Å². The first-order valence-corrected chi connectivity index (χ1v) is 8.38. The number of thiazole rings is 1. The monoisotopic (exact) mass is 332 g/mol. The summed E-state index contributed by atoms with van der Waals surface area (Å²) in [5, 5.41) is 3.72. The lowest BCUT2D eigenvalue weighted by Crippen LogP contribution is -2.23. The SMILES string of the molecule is COC(=O)CCCCCNC(=O)c1cnc(-c2ccccc2)s1. The molecule has 0 spiro atoms. The highest BCUT2D eigenvalue weighted by Gasteiger charge is 2.11. The number of esters is 1. The smallest absolute Gasteiger partial charge is 0.305 e. The summed E-state index contributed by atoms with van der Waals surface area (Å²) in [5.74, 6) is -0.287. The molecule has 0 saturated carbocycles. The second-order valence-corrected chi connectivity index (χ2v) is 6.07. The van der Waals surface area contributed by atoms with E-state index in [-0.39, 0.29) is 11.9 Å². The number of unbranched alkanes of at least 4 members (excludes halogenated alkanes) is 2. The highest BCUT2D eigenvalue weighted by molar-refractivity contribution is 7.16. The van der Waals surface area contributed by atoms with Crippen molar-refractivity contribution < 1.29 is 14.3 Å². The minimum Gasteiger partial charge on any atom is -0.469 e. The molecule has 0 radical (unpaired) electrons. The molecule has 2 aromatic rings. The lowest BCUT2D eigenvalue weighted by Gasteiger charge is -2.03. The van der Waals surface area contributed by atoms with Crippen LogP contribution in [0, 0.1) is 0 Å². The standard InChI is InChI=1S/C17H20N2O3S/c1-22-15(20)10-6-3-7-11-18-16(21)14-12-19-17(23-14)13-8-4-2-5-9-13/h2,4-5,8-9,12H,3,6-7,10-11H2,1H3,(H,18,21). The van der Waals surface area contributed by atoms with Gasteiger partial charge in [0.25, 0.3) is 5.91 Å². The molecule has 23 heavy (non-hydrogen) atoms. The largest absolute Gasteiger partial charge is 0.469 e. The van der Waals surface area contributed by atoms with Gasteiger partial charge >= 0.3 is 5.97 Å². The fourth-order valence-electron chi connectivity index (χ4n) is 2.06. The van der Waals surface area contributed by atoms with Crippen molar-refractivity contribution in [3.63, 3.8) is 0 Å². The normalized spacial score (nSPS) is 10.3.